The number of allylic oxidation sites excluding steroid dienone is 4. The summed E-state index contributed by atoms with van der Waals surface area (Å²) in [6.45, 7) is 18.7. The van der Waals surface area contributed by atoms with Gasteiger partial charge in [0.15, 0.2) is 0 Å². The number of hydrogen-bond acceptors (Lipinski definition) is 3. The highest BCUT2D eigenvalue weighted by Crippen LogP contribution is 2.50. The van der Waals surface area contributed by atoms with Gasteiger partial charge in [0.2, 0.25) is 0 Å². The fourth-order valence-electron chi connectivity index (χ4n) is 4.85. The van der Waals surface area contributed by atoms with Gasteiger partial charge in [-0.2, -0.15) is 0 Å². The van der Waals surface area contributed by atoms with Crippen LogP contribution in [0.3, 0.4) is 0 Å². The third kappa shape index (κ3) is 4.00. The molecule has 172 valence electrons. The predicted molar refractivity (Wildman–Crippen MR) is 142 cm³/mol. The molecule has 2 aliphatic heterocycles. The molecule has 0 fully saturated rings. The molecule has 0 aromatic heterocycles. The van der Waals surface area contributed by atoms with Crippen molar-refractivity contribution in [2.45, 2.75) is 71.1 Å². The zero-order valence-electron chi connectivity index (χ0n) is 21.1. The van der Waals surface area contributed by atoms with Crippen molar-refractivity contribution in [2.24, 2.45) is 0 Å². The maximum absolute atomic E-state index is 10.5. The number of anilines is 2. The quantitative estimate of drug-likeness (QED) is 0.631. The summed E-state index contributed by atoms with van der Waals surface area (Å²) < 4.78 is 6.19. The van der Waals surface area contributed by atoms with Gasteiger partial charge in [-0.1, -0.05) is 74.4 Å². The van der Waals surface area contributed by atoms with Crippen molar-refractivity contribution in [2.75, 3.05) is 4.90 Å². The second-order valence-corrected chi connectivity index (χ2v) is 10.9. The Kier molecular flexibility index (Phi) is 5.75. The Morgan fingerprint density at radius 1 is 1.06 bits per heavy atom. The Morgan fingerprint density at radius 2 is 1.76 bits per heavy atom. The lowest BCUT2D eigenvalue weighted by Gasteiger charge is -2.47. The Balaban J connectivity index is 1.84. The van der Waals surface area contributed by atoms with Gasteiger partial charge in [0, 0.05) is 22.4 Å². The molecule has 2 bridgehead atoms. The molecule has 4 rings (SSSR count). The van der Waals surface area contributed by atoms with Gasteiger partial charge in [-0.05, 0) is 63.5 Å². The minimum atomic E-state index is -0.934. The van der Waals surface area contributed by atoms with E-state index in [0.29, 0.717) is 7.48 Å². The molecule has 2 aromatic rings. The summed E-state index contributed by atoms with van der Waals surface area (Å²) in [6, 6.07) is 15.4. The lowest BCUT2D eigenvalue weighted by Crippen LogP contribution is -2.49. The monoisotopic (exact) mass is 441 g/mol. The van der Waals surface area contributed by atoms with E-state index in [1.165, 1.54) is 22.5 Å². The maximum atomic E-state index is 10.5. The van der Waals surface area contributed by atoms with Crippen LogP contribution in [-0.4, -0.2) is 29.8 Å². The van der Waals surface area contributed by atoms with E-state index in [-0.39, 0.29) is 11.5 Å². The van der Waals surface area contributed by atoms with Crippen molar-refractivity contribution < 1.29 is 9.76 Å². The third-order valence-electron chi connectivity index (χ3n) is 7.71. The van der Waals surface area contributed by atoms with E-state index in [2.05, 4.69) is 92.9 Å². The Labute approximate surface area is 199 Å². The summed E-state index contributed by atoms with van der Waals surface area (Å²) in [5.41, 5.74) is 6.59. The van der Waals surface area contributed by atoms with Crippen LogP contribution >= 0.6 is 0 Å². The summed E-state index contributed by atoms with van der Waals surface area (Å²) in [7, 11) is 0.447. The normalized spacial score (nSPS) is 22.2. The van der Waals surface area contributed by atoms with Crippen molar-refractivity contribution >= 4 is 29.9 Å². The van der Waals surface area contributed by atoms with Gasteiger partial charge in [-0.15, -0.1) is 0 Å². The van der Waals surface area contributed by atoms with Crippen molar-refractivity contribution in [3.05, 3.63) is 84.0 Å². The summed E-state index contributed by atoms with van der Waals surface area (Å²) in [5.74, 6) is 0. The lowest BCUT2D eigenvalue weighted by molar-refractivity contribution is -0.0893. The molecule has 3 nitrogen and oxygen atoms in total. The van der Waals surface area contributed by atoms with Gasteiger partial charge in [0.1, 0.15) is 0 Å². The van der Waals surface area contributed by atoms with E-state index in [1.54, 1.807) is 13.8 Å². The molecule has 0 spiro atoms. The molecule has 1 atom stereocenters. The molecule has 4 heteroatoms. The third-order valence-corrected chi connectivity index (χ3v) is 7.71. The summed E-state index contributed by atoms with van der Waals surface area (Å²) >= 11 is 0. The highest BCUT2D eigenvalue weighted by atomic mass is 16.5. The van der Waals surface area contributed by atoms with Crippen molar-refractivity contribution in [1.82, 2.24) is 0 Å². The first-order valence-corrected chi connectivity index (χ1v) is 11.8. The number of nitrogens with zero attached hydrogens (tertiary/aromatic N) is 1. The first-order valence-electron chi connectivity index (χ1n) is 11.8. The number of benzene rings is 2. The van der Waals surface area contributed by atoms with Crippen LogP contribution in [-0.2, 0) is 10.1 Å². The lowest BCUT2D eigenvalue weighted by atomic mass is 9.68. The van der Waals surface area contributed by atoms with Gasteiger partial charge in [0.05, 0.1) is 17.2 Å². The topological polar surface area (TPSA) is 32.7 Å². The summed E-state index contributed by atoms with van der Waals surface area (Å²) in [5, 5.41) is 10.5. The van der Waals surface area contributed by atoms with Crippen LogP contribution < -0.4 is 10.4 Å². The fraction of sp³-hybridized carbons (Fsp3) is 0.379. The van der Waals surface area contributed by atoms with Crippen LogP contribution in [0.4, 0.5) is 11.4 Å². The van der Waals surface area contributed by atoms with Gasteiger partial charge >= 0.3 is 7.48 Å². The second-order valence-electron chi connectivity index (χ2n) is 10.9. The van der Waals surface area contributed by atoms with E-state index >= 15 is 0 Å². The maximum Gasteiger partial charge on any atom is 0.309 e. The highest BCUT2D eigenvalue weighted by molar-refractivity contribution is 6.47. The molecule has 0 amide bonds. The van der Waals surface area contributed by atoms with Gasteiger partial charge in [-0.25, -0.2) is 0 Å². The standard InChI is InChI=1S/C29H36BNO2/c1-19-12-11-14-23-20(2)31(25-15-10-9-13-22(19)25)26-17-16-21(18-24(26)27(23,3)4)30-33-29(7,8)28(5,6)32/h9-18,20,30,32H,1H2,2-8H3/b12-11-,23-14+. The van der Waals surface area contributed by atoms with Crippen LogP contribution in [0.2, 0.25) is 0 Å². The molecule has 33 heavy (non-hydrogen) atoms. The van der Waals surface area contributed by atoms with E-state index in [4.69, 9.17) is 4.65 Å². The first kappa shape index (κ1) is 23.6. The average molecular weight is 441 g/mol. The van der Waals surface area contributed by atoms with Gasteiger partial charge in [-0.3, -0.25) is 0 Å². The van der Waals surface area contributed by atoms with E-state index in [9.17, 15) is 5.11 Å². The molecule has 0 saturated carbocycles. The molecular weight excluding hydrogens is 405 g/mol. The number of para-hydroxylation sites is 1. The molecule has 1 N–H and O–H groups in total. The first-order chi connectivity index (χ1) is 15.3. The zero-order valence-corrected chi connectivity index (χ0v) is 21.1. The van der Waals surface area contributed by atoms with Crippen LogP contribution in [0.1, 0.15) is 59.6 Å². The smallest absolute Gasteiger partial charge is 0.309 e. The van der Waals surface area contributed by atoms with Crippen LogP contribution in [0.5, 0.6) is 0 Å². The van der Waals surface area contributed by atoms with Crippen LogP contribution in [0.25, 0.3) is 5.57 Å². The van der Waals surface area contributed by atoms with Crippen molar-refractivity contribution in [3.8, 4) is 0 Å². The molecule has 0 radical (unpaired) electrons. The Hall–Kier alpha value is -2.56. The van der Waals surface area contributed by atoms with Crippen molar-refractivity contribution in [1.29, 1.82) is 0 Å². The number of hydrogen-bond donors (Lipinski definition) is 1. The summed E-state index contributed by atoms with van der Waals surface area (Å²) in [4.78, 5) is 2.45. The predicted octanol–water partition coefficient (Wildman–Crippen LogP) is 5.56. The average Bonchev–Trinajstić information content (AvgIpc) is 2.78. The molecule has 1 unspecified atom stereocenters. The Bertz CT molecular complexity index is 1150. The van der Waals surface area contributed by atoms with Gasteiger partial charge < -0.3 is 14.7 Å². The molecule has 2 aliphatic rings. The number of aliphatic hydroxyl groups is 1. The number of fused-ring (bicyclic) bond motifs is 6. The van der Waals surface area contributed by atoms with E-state index in [0.717, 1.165) is 16.6 Å². The summed E-state index contributed by atoms with van der Waals surface area (Å²) in [6.07, 6.45) is 6.51. The Morgan fingerprint density at radius 3 is 2.45 bits per heavy atom. The number of rotatable bonds is 4. The zero-order chi connectivity index (χ0) is 24.2. The fourth-order valence-corrected chi connectivity index (χ4v) is 4.85. The minimum Gasteiger partial charge on any atom is -0.427 e. The van der Waals surface area contributed by atoms with Gasteiger partial charge in [0.25, 0.3) is 0 Å². The molecular formula is C29H36BNO2. The van der Waals surface area contributed by atoms with Crippen LogP contribution in [0, 0.1) is 0 Å². The van der Waals surface area contributed by atoms with Crippen LogP contribution in [0.15, 0.2) is 72.8 Å². The molecule has 2 heterocycles. The van der Waals surface area contributed by atoms with E-state index in [1.807, 2.05) is 13.8 Å². The second kappa shape index (κ2) is 8.04. The minimum absolute atomic E-state index is 0.141. The highest BCUT2D eigenvalue weighted by Gasteiger charge is 2.41. The SMILES string of the molecule is C=C1/C=C\C=C2/C(C)N(c3ccccc31)c1ccc(BOC(C)(C)C(C)(C)O)cc1C2(C)C. The largest absolute Gasteiger partial charge is 0.427 e. The van der Waals surface area contributed by atoms with Crippen molar-refractivity contribution in [3.63, 3.8) is 0 Å². The van der Waals surface area contributed by atoms with E-state index < -0.39 is 11.2 Å². The molecule has 0 aliphatic carbocycles. The molecule has 0 saturated heterocycles. The molecule has 2 aromatic carbocycles.